The number of anilines is 1. The molecule has 1 aliphatic rings. The Hall–Kier alpha value is -2.45. The summed E-state index contributed by atoms with van der Waals surface area (Å²) in [7, 11) is 0. The highest BCUT2D eigenvalue weighted by Crippen LogP contribution is 2.30. The molecule has 3 heterocycles. The van der Waals surface area contributed by atoms with Gasteiger partial charge in [-0.2, -0.15) is 4.37 Å². The van der Waals surface area contributed by atoms with Gasteiger partial charge in [0.15, 0.2) is 5.82 Å². The Labute approximate surface area is 168 Å². The van der Waals surface area contributed by atoms with Crippen LogP contribution in [0.4, 0.5) is 5.82 Å². The molecule has 0 saturated carbocycles. The quantitative estimate of drug-likeness (QED) is 0.512. The van der Waals surface area contributed by atoms with Crippen molar-refractivity contribution in [2.75, 3.05) is 31.1 Å². The number of H-pyrrole nitrogens is 1. The van der Waals surface area contributed by atoms with Crippen LogP contribution in [0.2, 0.25) is 0 Å². The Kier molecular flexibility index (Phi) is 4.09. The van der Waals surface area contributed by atoms with Gasteiger partial charge in [0.2, 0.25) is 0 Å². The van der Waals surface area contributed by atoms with Gasteiger partial charge in [0.1, 0.15) is 5.82 Å². The molecular formula is C19H16BrN5OS. The second-order valence-electron chi connectivity index (χ2n) is 6.53. The molecule has 1 N–H and O–H groups in total. The van der Waals surface area contributed by atoms with E-state index in [1.54, 1.807) is 0 Å². The molecule has 0 radical (unpaired) electrons. The van der Waals surface area contributed by atoms with E-state index >= 15 is 0 Å². The van der Waals surface area contributed by atoms with Crippen LogP contribution in [-0.4, -0.2) is 51.3 Å². The van der Waals surface area contributed by atoms with Crippen LogP contribution in [0.5, 0.6) is 0 Å². The number of carbonyl (C=O) groups is 1. The lowest BCUT2D eigenvalue weighted by Crippen LogP contribution is -2.49. The monoisotopic (exact) mass is 441 g/mol. The molecule has 0 spiro atoms. The first kappa shape index (κ1) is 16.7. The molecule has 1 aliphatic heterocycles. The first-order valence-corrected chi connectivity index (χ1v) is 10.3. The fourth-order valence-corrected chi connectivity index (χ4v) is 4.61. The van der Waals surface area contributed by atoms with Gasteiger partial charge in [-0.15, -0.1) is 0 Å². The maximum Gasteiger partial charge on any atom is 0.289 e. The Morgan fingerprint density at radius 3 is 2.78 bits per heavy atom. The lowest BCUT2D eigenvalue weighted by atomic mass is 10.2. The van der Waals surface area contributed by atoms with Crippen LogP contribution >= 0.6 is 27.5 Å². The predicted octanol–water partition coefficient (Wildman–Crippen LogP) is 3.90. The number of fused-ring (bicyclic) bond motifs is 2. The topological polar surface area (TPSA) is 65.1 Å². The van der Waals surface area contributed by atoms with E-state index in [0.717, 1.165) is 34.4 Å². The van der Waals surface area contributed by atoms with Gasteiger partial charge in [0.05, 0.1) is 15.7 Å². The van der Waals surface area contributed by atoms with E-state index in [9.17, 15) is 4.79 Å². The number of aromatic amines is 1. The smallest absolute Gasteiger partial charge is 0.289 e. The van der Waals surface area contributed by atoms with Gasteiger partial charge in [-0.1, -0.05) is 28.1 Å². The van der Waals surface area contributed by atoms with Crippen molar-refractivity contribution < 1.29 is 4.79 Å². The SMILES string of the molecule is O=C(c1nc2ccc(Br)cc2[nH]1)N1CCN(c2nsc3ccccc23)CC1. The fraction of sp³-hybridized carbons (Fsp3) is 0.211. The largest absolute Gasteiger partial charge is 0.352 e. The summed E-state index contributed by atoms with van der Waals surface area (Å²) in [5.41, 5.74) is 1.66. The second-order valence-corrected chi connectivity index (χ2v) is 8.25. The van der Waals surface area contributed by atoms with Crippen molar-refractivity contribution in [2.24, 2.45) is 0 Å². The Morgan fingerprint density at radius 2 is 1.93 bits per heavy atom. The molecule has 0 unspecified atom stereocenters. The summed E-state index contributed by atoms with van der Waals surface area (Å²) in [4.78, 5) is 24.6. The first-order valence-electron chi connectivity index (χ1n) is 8.73. The zero-order valence-electron chi connectivity index (χ0n) is 14.4. The van der Waals surface area contributed by atoms with Crippen LogP contribution in [0.15, 0.2) is 46.9 Å². The minimum absolute atomic E-state index is 0.0508. The zero-order valence-corrected chi connectivity index (χ0v) is 16.8. The third-order valence-electron chi connectivity index (χ3n) is 4.87. The van der Waals surface area contributed by atoms with E-state index in [2.05, 4.69) is 47.3 Å². The number of hydrogen-bond acceptors (Lipinski definition) is 5. The van der Waals surface area contributed by atoms with Crippen LogP contribution in [0, 0.1) is 0 Å². The first-order chi connectivity index (χ1) is 13.2. The predicted molar refractivity (Wildman–Crippen MR) is 112 cm³/mol. The number of nitrogens with zero attached hydrogens (tertiary/aromatic N) is 4. The van der Waals surface area contributed by atoms with Gasteiger partial charge < -0.3 is 14.8 Å². The molecule has 0 atom stereocenters. The molecular weight excluding hydrogens is 426 g/mol. The molecule has 0 bridgehead atoms. The molecule has 1 amide bonds. The summed E-state index contributed by atoms with van der Waals surface area (Å²) < 4.78 is 6.78. The molecule has 0 aliphatic carbocycles. The van der Waals surface area contributed by atoms with Gasteiger partial charge in [0, 0.05) is 36.0 Å². The minimum atomic E-state index is -0.0508. The average molecular weight is 442 g/mol. The highest BCUT2D eigenvalue weighted by molar-refractivity contribution is 9.10. The van der Waals surface area contributed by atoms with Crippen molar-refractivity contribution >= 4 is 60.3 Å². The summed E-state index contributed by atoms with van der Waals surface area (Å²) in [6.07, 6.45) is 0. The maximum absolute atomic E-state index is 12.8. The van der Waals surface area contributed by atoms with Crippen molar-refractivity contribution in [1.82, 2.24) is 19.2 Å². The highest BCUT2D eigenvalue weighted by Gasteiger charge is 2.26. The number of imidazole rings is 1. The molecule has 1 saturated heterocycles. The van der Waals surface area contributed by atoms with E-state index < -0.39 is 0 Å². The van der Waals surface area contributed by atoms with E-state index in [0.29, 0.717) is 18.9 Å². The number of halogens is 1. The normalized spacial score (nSPS) is 15.0. The summed E-state index contributed by atoms with van der Waals surface area (Å²) in [6.45, 7) is 2.85. The molecule has 27 heavy (non-hydrogen) atoms. The zero-order chi connectivity index (χ0) is 18.4. The summed E-state index contributed by atoms with van der Waals surface area (Å²) >= 11 is 4.97. The molecule has 8 heteroatoms. The standard InChI is InChI=1S/C19H16BrN5OS/c20-12-5-6-14-15(11-12)22-17(21-14)19(26)25-9-7-24(8-10-25)18-13-3-1-2-4-16(13)27-23-18/h1-6,11H,7-10H2,(H,21,22). The van der Waals surface area contributed by atoms with Gasteiger partial charge in [0.25, 0.3) is 5.91 Å². The minimum Gasteiger partial charge on any atom is -0.352 e. The number of rotatable bonds is 2. The highest BCUT2D eigenvalue weighted by atomic mass is 79.9. The average Bonchev–Trinajstić information content (AvgIpc) is 3.31. The van der Waals surface area contributed by atoms with Crippen molar-refractivity contribution in [2.45, 2.75) is 0 Å². The van der Waals surface area contributed by atoms with Crippen LogP contribution in [0.1, 0.15) is 10.6 Å². The molecule has 1 fully saturated rings. The molecule has 136 valence electrons. The summed E-state index contributed by atoms with van der Waals surface area (Å²) in [6, 6.07) is 14.0. The van der Waals surface area contributed by atoms with Crippen molar-refractivity contribution in [1.29, 1.82) is 0 Å². The molecule has 6 nitrogen and oxygen atoms in total. The van der Waals surface area contributed by atoms with Gasteiger partial charge in [-0.3, -0.25) is 4.79 Å². The van der Waals surface area contributed by atoms with Crippen LogP contribution in [0.3, 0.4) is 0 Å². The number of carbonyl (C=O) groups excluding carboxylic acids is 1. The van der Waals surface area contributed by atoms with Crippen LogP contribution in [0.25, 0.3) is 21.1 Å². The number of hydrogen-bond donors (Lipinski definition) is 1. The fourth-order valence-electron chi connectivity index (χ4n) is 3.45. The summed E-state index contributed by atoms with van der Waals surface area (Å²) in [5.74, 6) is 1.37. The number of benzene rings is 2. The Balaban J connectivity index is 1.32. The van der Waals surface area contributed by atoms with Gasteiger partial charge in [-0.25, -0.2) is 4.98 Å². The molecule has 2 aromatic heterocycles. The van der Waals surface area contributed by atoms with E-state index in [-0.39, 0.29) is 5.91 Å². The van der Waals surface area contributed by atoms with Crippen LogP contribution < -0.4 is 4.90 Å². The number of aromatic nitrogens is 3. The Morgan fingerprint density at radius 1 is 1.11 bits per heavy atom. The van der Waals surface area contributed by atoms with E-state index in [4.69, 9.17) is 0 Å². The Bertz CT molecular complexity index is 1150. The second kappa shape index (κ2) is 6.61. The van der Waals surface area contributed by atoms with Crippen molar-refractivity contribution in [3.8, 4) is 0 Å². The third kappa shape index (κ3) is 2.98. The summed E-state index contributed by atoms with van der Waals surface area (Å²) in [5, 5.41) is 1.19. The lowest BCUT2D eigenvalue weighted by Gasteiger charge is -2.34. The van der Waals surface area contributed by atoms with Crippen molar-refractivity contribution in [3.05, 3.63) is 52.8 Å². The number of piperazine rings is 1. The number of amides is 1. The maximum atomic E-state index is 12.8. The van der Waals surface area contributed by atoms with Crippen molar-refractivity contribution in [3.63, 3.8) is 0 Å². The molecule has 4 aromatic rings. The van der Waals surface area contributed by atoms with Gasteiger partial charge in [-0.05, 0) is 41.9 Å². The molecule has 2 aromatic carbocycles. The lowest BCUT2D eigenvalue weighted by molar-refractivity contribution is 0.0736. The molecule has 5 rings (SSSR count). The van der Waals surface area contributed by atoms with E-state index in [1.165, 1.54) is 21.6 Å². The third-order valence-corrected chi connectivity index (χ3v) is 6.18. The van der Waals surface area contributed by atoms with Gasteiger partial charge >= 0.3 is 0 Å². The number of nitrogens with one attached hydrogen (secondary N) is 1. The van der Waals surface area contributed by atoms with Crippen LogP contribution in [-0.2, 0) is 0 Å². The van der Waals surface area contributed by atoms with E-state index in [1.807, 2.05) is 35.2 Å².